The zero-order valence-corrected chi connectivity index (χ0v) is 10.6. The highest BCUT2D eigenvalue weighted by molar-refractivity contribution is 9.10. The van der Waals surface area contributed by atoms with Crippen LogP contribution in [0, 0.1) is 0 Å². The van der Waals surface area contributed by atoms with Crippen LogP contribution in [0.25, 0.3) is 0 Å². The van der Waals surface area contributed by atoms with Crippen LogP contribution in [0.5, 0.6) is 5.75 Å². The number of nitrogens with two attached hydrogens (primary N) is 1. The Balaban J connectivity index is 2.59. The monoisotopic (exact) mass is 269 g/mol. The van der Waals surface area contributed by atoms with Gasteiger partial charge >= 0.3 is 0 Å². The summed E-state index contributed by atoms with van der Waals surface area (Å²) in [5, 5.41) is 0. The summed E-state index contributed by atoms with van der Waals surface area (Å²) in [6.07, 6.45) is 4.87. The molecule has 0 fully saturated rings. The van der Waals surface area contributed by atoms with Gasteiger partial charge in [-0.1, -0.05) is 0 Å². The maximum absolute atomic E-state index is 5.82. The number of aryl methyl sites for hydroxylation is 1. The van der Waals surface area contributed by atoms with E-state index in [0.717, 1.165) is 16.6 Å². The Bertz CT molecular complexity index is 376. The van der Waals surface area contributed by atoms with Crippen LogP contribution < -0.4 is 10.5 Å². The number of rotatable bonds is 2. The first-order valence-electron chi connectivity index (χ1n) is 5.35. The molecule has 0 radical (unpaired) electrons. The van der Waals surface area contributed by atoms with Crippen LogP contribution in [0.2, 0.25) is 0 Å². The van der Waals surface area contributed by atoms with Crippen molar-refractivity contribution in [1.29, 1.82) is 0 Å². The Hall–Kier alpha value is -0.540. The van der Waals surface area contributed by atoms with Crippen molar-refractivity contribution in [1.82, 2.24) is 0 Å². The number of hydrogen-bond acceptors (Lipinski definition) is 2. The molecule has 2 rings (SSSR count). The summed E-state index contributed by atoms with van der Waals surface area (Å²) < 4.78 is 6.44. The molecule has 1 aromatic carbocycles. The van der Waals surface area contributed by atoms with Crippen molar-refractivity contribution in [2.75, 3.05) is 7.11 Å². The summed E-state index contributed by atoms with van der Waals surface area (Å²) in [4.78, 5) is 0. The number of methoxy groups -OCH3 is 1. The van der Waals surface area contributed by atoms with E-state index in [2.05, 4.69) is 22.0 Å². The highest BCUT2D eigenvalue weighted by Crippen LogP contribution is 2.37. The third-order valence-electron chi connectivity index (χ3n) is 3.07. The van der Waals surface area contributed by atoms with Crippen molar-refractivity contribution in [2.24, 2.45) is 5.73 Å². The normalized spacial score (nSPS) is 14.9. The van der Waals surface area contributed by atoms with E-state index in [1.165, 1.54) is 36.0 Å². The first-order chi connectivity index (χ1) is 7.27. The lowest BCUT2D eigenvalue weighted by molar-refractivity contribution is 0.405. The quantitative estimate of drug-likeness (QED) is 0.896. The Morgan fingerprint density at radius 2 is 2.13 bits per heavy atom. The summed E-state index contributed by atoms with van der Waals surface area (Å²) in [6, 6.07) is 2.19. The minimum Gasteiger partial charge on any atom is -0.495 e. The fourth-order valence-corrected chi connectivity index (χ4v) is 3.05. The van der Waals surface area contributed by atoms with Gasteiger partial charge in [-0.15, -0.1) is 0 Å². The van der Waals surface area contributed by atoms with Gasteiger partial charge in [-0.2, -0.15) is 0 Å². The molecule has 2 N–H and O–H groups in total. The molecule has 0 saturated heterocycles. The molecule has 3 heteroatoms. The maximum atomic E-state index is 5.82. The van der Waals surface area contributed by atoms with E-state index in [4.69, 9.17) is 10.5 Å². The smallest absolute Gasteiger partial charge is 0.137 e. The maximum Gasteiger partial charge on any atom is 0.137 e. The third-order valence-corrected chi connectivity index (χ3v) is 3.66. The molecule has 2 nitrogen and oxygen atoms in total. The van der Waals surface area contributed by atoms with Gasteiger partial charge < -0.3 is 10.5 Å². The molecular formula is C12H16BrNO. The zero-order chi connectivity index (χ0) is 10.8. The Labute approximate surface area is 98.9 Å². The van der Waals surface area contributed by atoms with Crippen molar-refractivity contribution >= 4 is 15.9 Å². The molecule has 0 amide bonds. The molecule has 1 aromatic rings. The van der Waals surface area contributed by atoms with Crippen molar-refractivity contribution in [3.8, 4) is 5.75 Å². The summed E-state index contributed by atoms with van der Waals surface area (Å²) in [5.74, 6) is 0.915. The summed E-state index contributed by atoms with van der Waals surface area (Å²) in [5.41, 5.74) is 9.86. The first kappa shape index (κ1) is 11.0. The Morgan fingerprint density at radius 3 is 2.80 bits per heavy atom. The molecule has 0 spiro atoms. The molecule has 15 heavy (non-hydrogen) atoms. The lowest BCUT2D eigenvalue weighted by Crippen LogP contribution is -2.11. The van der Waals surface area contributed by atoms with Gasteiger partial charge in [-0.25, -0.2) is 0 Å². The van der Waals surface area contributed by atoms with Gasteiger partial charge in [-0.05, 0) is 58.8 Å². The topological polar surface area (TPSA) is 35.2 Å². The Kier molecular flexibility index (Phi) is 3.32. The van der Waals surface area contributed by atoms with Crippen LogP contribution in [0.15, 0.2) is 10.5 Å². The molecular weight excluding hydrogens is 254 g/mol. The van der Waals surface area contributed by atoms with Gasteiger partial charge in [0.2, 0.25) is 0 Å². The number of benzene rings is 1. The van der Waals surface area contributed by atoms with Crippen LogP contribution in [-0.2, 0) is 19.4 Å². The average Bonchev–Trinajstić information content (AvgIpc) is 2.27. The molecule has 1 aliphatic carbocycles. The number of hydrogen-bond donors (Lipinski definition) is 1. The Morgan fingerprint density at radius 1 is 1.40 bits per heavy atom. The standard InChI is InChI=1S/C12H16BrNO/c1-15-12-10(7-14)9-5-3-2-4-8(9)6-11(12)13/h6H,2-5,7,14H2,1H3. The minimum absolute atomic E-state index is 0.560. The second kappa shape index (κ2) is 4.54. The van der Waals surface area contributed by atoms with Gasteiger partial charge in [0.15, 0.2) is 0 Å². The van der Waals surface area contributed by atoms with Gasteiger partial charge in [0.1, 0.15) is 5.75 Å². The van der Waals surface area contributed by atoms with E-state index < -0.39 is 0 Å². The van der Waals surface area contributed by atoms with E-state index in [-0.39, 0.29) is 0 Å². The first-order valence-corrected chi connectivity index (χ1v) is 6.14. The van der Waals surface area contributed by atoms with Crippen LogP contribution in [0.4, 0.5) is 0 Å². The SMILES string of the molecule is COc1c(Br)cc2c(c1CN)CCCC2. The second-order valence-electron chi connectivity index (χ2n) is 3.92. The van der Waals surface area contributed by atoms with Crippen LogP contribution in [0.1, 0.15) is 29.5 Å². The third kappa shape index (κ3) is 1.91. The lowest BCUT2D eigenvalue weighted by Gasteiger charge is -2.22. The average molecular weight is 270 g/mol. The zero-order valence-electron chi connectivity index (χ0n) is 8.98. The molecule has 0 heterocycles. The van der Waals surface area contributed by atoms with Crippen molar-refractivity contribution in [3.63, 3.8) is 0 Å². The predicted octanol–water partition coefficient (Wildman–Crippen LogP) is 2.80. The van der Waals surface area contributed by atoms with Gasteiger partial charge in [0.25, 0.3) is 0 Å². The summed E-state index contributed by atoms with van der Waals surface area (Å²) in [7, 11) is 1.70. The van der Waals surface area contributed by atoms with Gasteiger partial charge in [0, 0.05) is 12.1 Å². The molecule has 82 valence electrons. The van der Waals surface area contributed by atoms with Crippen molar-refractivity contribution < 1.29 is 4.74 Å². The molecule has 0 saturated carbocycles. The highest BCUT2D eigenvalue weighted by Gasteiger charge is 2.18. The number of fused-ring (bicyclic) bond motifs is 1. The highest BCUT2D eigenvalue weighted by atomic mass is 79.9. The second-order valence-corrected chi connectivity index (χ2v) is 4.77. The van der Waals surface area contributed by atoms with Crippen LogP contribution in [0.3, 0.4) is 0 Å². The molecule has 0 atom stereocenters. The molecule has 0 bridgehead atoms. The van der Waals surface area contributed by atoms with E-state index in [9.17, 15) is 0 Å². The van der Waals surface area contributed by atoms with E-state index >= 15 is 0 Å². The van der Waals surface area contributed by atoms with Crippen LogP contribution >= 0.6 is 15.9 Å². The minimum atomic E-state index is 0.560. The molecule has 0 unspecified atom stereocenters. The van der Waals surface area contributed by atoms with Crippen LogP contribution in [-0.4, -0.2) is 7.11 Å². The fourth-order valence-electron chi connectivity index (χ4n) is 2.37. The number of halogens is 1. The predicted molar refractivity (Wildman–Crippen MR) is 65.2 cm³/mol. The van der Waals surface area contributed by atoms with Crippen molar-refractivity contribution in [2.45, 2.75) is 32.2 Å². The molecule has 0 aromatic heterocycles. The molecule has 0 aliphatic heterocycles. The molecule has 1 aliphatic rings. The van der Waals surface area contributed by atoms with Crippen molar-refractivity contribution in [3.05, 3.63) is 27.2 Å². The van der Waals surface area contributed by atoms with E-state index in [0.29, 0.717) is 6.54 Å². The fraction of sp³-hybridized carbons (Fsp3) is 0.500. The summed E-state index contributed by atoms with van der Waals surface area (Å²) in [6.45, 7) is 0.560. The largest absolute Gasteiger partial charge is 0.495 e. The van der Waals surface area contributed by atoms with E-state index in [1.807, 2.05) is 0 Å². The number of ether oxygens (including phenoxy) is 1. The van der Waals surface area contributed by atoms with Gasteiger partial charge in [-0.3, -0.25) is 0 Å². The lowest BCUT2D eigenvalue weighted by atomic mass is 9.88. The summed E-state index contributed by atoms with van der Waals surface area (Å²) >= 11 is 3.55. The van der Waals surface area contributed by atoms with Gasteiger partial charge in [0.05, 0.1) is 11.6 Å². The van der Waals surface area contributed by atoms with E-state index in [1.54, 1.807) is 7.11 Å².